The maximum atomic E-state index is 12.2. The summed E-state index contributed by atoms with van der Waals surface area (Å²) < 4.78 is 1.87. The fourth-order valence-corrected chi connectivity index (χ4v) is 2.31. The van der Waals surface area contributed by atoms with E-state index in [1.54, 1.807) is 6.20 Å². The number of carbonyl (C=O) groups excluding carboxylic acids is 1. The highest BCUT2D eigenvalue weighted by molar-refractivity contribution is 5.90. The Hall–Kier alpha value is -2.10. The van der Waals surface area contributed by atoms with E-state index in [4.69, 9.17) is 0 Å². The summed E-state index contributed by atoms with van der Waals surface area (Å²) in [7, 11) is 0. The quantitative estimate of drug-likeness (QED) is 0.872. The first kappa shape index (κ1) is 15.3. The summed E-state index contributed by atoms with van der Waals surface area (Å²) in [5, 5.41) is 7.25. The Labute approximate surface area is 126 Å². The first-order chi connectivity index (χ1) is 10.1. The van der Waals surface area contributed by atoms with Gasteiger partial charge in [0, 0.05) is 12.5 Å². The minimum Gasteiger partial charge on any atom is -0.311 e. The summed E-state index contributed by atoms with van der Waals surface area (Å²) in [4.78, 5) is 12.2. The molecule has 0 aliphatic carbocycles. The molecule has 1 aromatic carbocycles. The molecule has 0 saturated carbocycles. The number of anilines is 1. The highest BCUT2D eigenvalue weighted by Crippen LogP contribution is 2.21. The molecule has 0 spiro atoms. The summed E-state index contributed by atoms with van der Waals surface area (Å²) in [5.74, 6) is 0.997. The third-order valence-corrected chi connectivity index (χ3v) is 3.81. The molecule has 1 N–H and O–H groups in total. The van der Waals surface area contributed by atoms with E-state index in [2.05, 4.69) is 43.3 Å². The van der Waals surface area contributed by atoms with Crippen LogP contribution in [-0.4, -0.2) is 15.7 Å². The number of aromatic nitrogens is 2. The predicted octanol–water partition coefficient (Wildman–Crippen LogP) is 3.99. The maximum Gasteiger partial charge on any atom is 0.226 e. The van der Waals surface area contributed by atoms with Crippen LogP contribution in [0.3, 0.4) is 0 Å². The van der Waals surface area contributed by atoms with Crippen LogP contribution in [0.4, 0.5) is 5.82 Å². The topological polar surface area (TPSA) is 46.9 Å². The predicted molar refractivity (Wildman–Crippen MR) is 85.3 cm³/mol. The molecule has 2 unspecified atom stereocenters. The molecular formula is C17H23N3O. The molecule has 2 atom stereocenters. The summed E-state index contributed by atoms with van der Waals surface area (Å²) in [6.45, 7) is 6.27. The molecule has 1 heterocycles. The van der Waals surface area contributed by atoms with Gasteiger partial charge in [-0.15, -0.1) is 0 Å². The molecule has 112 valence electrons. The summed E-state index contributed by atoms with van der Waals surface area (Å²) in [5.41, 5.74) is 1.18. The van der Waals surface area contributed by atoms with Crippen molar-refractivity contribution in [2.24, 2.45) is 0 Å². The molecular weight excluding hydrogens is 262 g/mol. The molecule has 4 nitrogen and oxygen atoms in total. The summed E-state index contributed by atoms with van der Waals surface area (Å²) >= 11 is 0. The highest BCUT2D eigenvalue weighted by atomic mass is 16.1. The molecule has 0 fully saturated rings. The van der Waals surface area contributed by atoms with E-state index >= 15 is 0 Å². The highest BCUT2D eigenvalue weighted by Gasteiger charge is 2.14. The molecule has 1 amide bonds. The molecule has 0 aliphatic heterocycles. The molecule has 2 aromatic rings. The average molecular weight is 285 g/mol. The van der Waals surface area contributed by atoms with Gasteiger partial charge in [-0.2, -0.15) is 5.10 Å². The Morgan fingerprint density at radius 1 is 1.24 bits per heavy atom. The van der Waals surface area contributed by atoms with Gasteiger partial charge in [0.25, 0.3) is 0 Å². The Morgan fingerprint density at radius 3 is 2.62 bits per heavy atom. The number of nitrogens with one attached hydrogen (secondary N) is 1. The molecule has 21 heavy (non-hydrogen) atoms. The zero-order valence-electron chi connectivity index (χ0n) is 12.9. The molecule has 0 aliphatic rings. The lowest BCUT2D eigenvalue weighted by Crippen LogP contribution is -2.18. The van der Waals surface area contributed by atoms with Crippen molar-refractivity contribution < 1.29 is 4.79 Å². The minimum absolute atomic E-state index is 0.0245. The number of benzene rings is 1. The number of rotatable bonds is 6. The Kier molecular flexibility index (Phi) is 5.14. The monoisotopic (exact) mass is 285 g/mol. The van der Waals surface area contributed by atoms with E-state index < -0.39 is 0 Å². The van der Waals surface area contributed by atoms with E-state index in [1.807, 2.05) is 28.9 Å². The second-order valence-electron chi connectivity index (χ2n) is 5.48. The van der Waals surface area contributed by atoms with Crippen molar-refractivity contribution in [3.8, 4) is 0 Å². The first-order valence-corrected chi connectivity index (χ1v) is 7.50. The van der Waals surface area contributed by atoms with Gasteiger partial charge >= 0.3 is 0 Å². The number of nitrogens with zero attached hydrogens (tertiary/aromatic N) is 2. The molecule has 4 heteroatoms. The Bertz CT molecular complexity index is 577. The van der Waals surface area contributed by atoms with Crippen LogP contribution >= 0.6 is 0 Å². The van der Waals surface area contributed by atoms with E-state index in [-0.39, 0.29) is 17.9 Å². The SMILES string of the molecule is CCC(C)n1nccc1NC(=O)CC(C)c1ccccc1. The van der Waals surface area contributed by atoms with Crippen LogP contribution in [0, 0.1) is 0 Å². The first-order valence-electron chi connectivity index (χ1n) is 7.50. The summed E-state index contributed by atoms with van der Waals surface area (Å²) in [6.07, 6.45) is 3.17. The van der Waals surface area contributed by atoms with Crippen LogP contribution in [0.15, 0.2) is 42.6 Å². The van der Waals surface area contributed by atoms with Gasteiger partial charge in [-0.3, -0.25) is 4.79 Å². The normalized spacial score (nSPS) is 13.7. The van der Waals surface area contributed by atoms with Gasteiger partial charge in [0.1, 0.15) is 5.82 Å². The van der Waals surface area contributed by atoms with E-state index in [0.717, 1.165) is 12.2 Å². The van der Waals surface area contributed by atoms with Crippen LogP contribution in [0.2, 0.25) is 0 Å². The smallest absolute Gasteiger partial charge is 0.226 e. The van der Waals surface area contributed by atoms with Gasteiger partial charge in [-0.1, -0.05) is 44.2 Å². The van der Waals surface area contributed by atoms with Crippen LogP contribution in [0.1, 0.15) is 51.1 Å². The molecule has 1 aromatic heterocycles. The van der Waals surface area contributed by atoms with Crippen molar-refractivity contribution in [3.05, 3.63) is 48.2 Å². The number of amides is 1. The number of hydrogen-bond acceptors (Lipinski definition) is 2. The number of carbonyl (C=O) groups is 1. The maximum absolute atomic E-state index is 12.2. The largest absolute Gasteiger partial charge is 0.311 e. The third-order valence-electron chi connectivity index (χ3n) is 3.81. The van der Waals surface area contributed by atoms with E-state index in [9.17, 15) is 4.79 Å². The van der Waals surface area contributed by atoms with Crippen molar-refractivity contribution in [1.29, 1.82) is 0 Å². The van der Waals surface area contributed by atoms with E-state index in [0.29, 0.717) is 6.42 Å². The van der Waals surface area contributed by atoms with Crippen molar-refractivity contribution in [3.63, 3.8) is 0 Å². The van der Waals surface area contributed by atoms with Crippen LogP contribution < -0.4 is 5.32 Å². The Balaban J connectivity index is 1.98. The van der Waals surface area contributed by atoms with Gasteiger partial charge in [0.05, 0.1) is 12.2 Å². The van der Waals surface area contributed by atoms with Gasteiger partial charge in [0.2, 0.25) is 5.91 Å². The van der Waals surface area contributed by atoms with Crippen molar-refractivity contribution in [2.75, 3.05) is 5.32 Å². The lowest BCUT2D eigenvalue weighted by molar-refractivity contribution is -0.116. The van der Waals surface area contributed by atoms with Gasteiger partial charge in [0.15, 0.2) is 0 Å². The average Bonchev–Trinajstić information content (AvgIpc) is 2.95. The zero-order valence-corrected chi connectivity index (χ0v) is 12.9. The van der Waals surface area contributed by atoms with Crippen LogP contribution in [-0.2, 0) is 4.79 Å². The van der Waals surface area contributed by atoms with Gasteiger partial charge in [-0.25, -0.2) is 4.68 Å². The minimum atomic E-state index is 0.0245. The second kappa shape index (κ2) is 7.07. The summed E-state index contributed by atoms with van der Waals surface area (Å²) in [6, 6.07) is 12.2. The molecule has 2 rings (SSSR count). The zero-order chi connectivity index (χ0) is 15.2. The fraction of sp³-hybridized carbons (Fsp3) is 0.412. The van der Waals surface area contributed by atoms with Crippen LogP contribution in [0.25, 0.3) is 0 Å². The van der Waals surface area contributed by atoms with Crippen molar-refractivity contribution in [1.82, 2.24) is 9.78 Å². The molecule has 0 radical (unpaired) electrons. The van der Waals surface area contributed by atoms with Gasteiger partial charge < -0.3 is 5.32 Å². The van der Waals surface area contributed by atoms with Crippen molar-refractivity contribution in [2.45, 2.75) is 45.6 Å². The molecule has 0 saturated heterocycles. The number of hydrogen-bond donors (Lipinski definition) is 1. The van der Waals surface area contributed by atoms with Crippen molar-refractivity contribution >= 4 is 11.7 Å². The second-order valence-corrected chi connectivity index (χ2v) is 5.48. The Morgan fingerprint density at radius 2 is 1.95 bits per heavy atom. The van der Waals surface area contributed by atoms with Crippen LogP contribution in [0.5, 0.6) is 0 Å². The third kappa shape index (κ3) is 3.94. The molecule has 0 bridgehead atoms. The van der Waals surface area contributed by atoms with E-state index in [1.165, 1.54) is 5.56 Å². The lowest BCUT2D eigenvalue weighted by Gasteiger charge is -2.15. The van der Waals surface area contributed by atoms with Gasteiger partial charge in [-0.05, 0) is 24.8 Å². The standard InChI is InChI=1S/C17H23N3O/c1-4-14(3)20-16(10-11-18-20)19-17(21)12-13(2)15-8-6-5-7-9-15/h5-11,13-14H,4,12H2,1-3H3,(H,19,21). The lowest BCUT2D eigenvalue weighted by atomic mass is 9.98. The fourth-order valence-electron chi connectivity index (χ4n) is 2.31.